The molecule has 0 N–H and O–H groups in total. The van der Waals surface area contributed by atoms with Crippen molar-refractivity contribution in [3.8, 4) is 0 Å². The van der Waals surface area contributed by atoms with E-state index < -0.39 is 0 Å². The zero-order chi connectivity index (χ0) is 19.6. The Bertz CT molecular complexity index is 822. The van der Waals surface area contributed by atoms with Crippen LogP contribution in [0.4, 0.5) is 5.69 Å². The molecule has 27 heavy (non-hydrogen) atoms. The minimum atomic E-state index is -0.132. The fourth-order valence-electron chi connectivity index (χ4n) is 3.32. The van der Waals surface area contributed by atoms with Crippen LogP contribution in [0.5, 0.6) is 0 Å². The van der Waals surface area contributed by atoms with Gasteiger partial charge in [-0.1, -0.05) is 73.0 Å². The summed E-state index contributed by atoms with van der Waals surface area (Å²) in [4.78, 5) is 30.2. The van der Waals surface area contributed by atoms with E-state index >= 15 is 0 Å². The molecule has 1 fully saturated rings. The van der Waals surface area contributed by atoms with Crippen LogP contribution in [0.15, 0.2) is 27.6 Å². The molecule has 2 amide bonds. The molecule has 7 heteroatoms. The third-order valence-corrected chi connectivity index (χ3v) is 6.72. The molecule has 2 aliphatic heterocycles. The van der Waals surface area contributed by atoms with Crippen LogP contribution >= 0.6 is 39.9 Å². The summed E-state index contributed by atoms with van der Waals surface area (Å²) in [5.74, 6) is -0.224. The summed E-state index contributed by atoms with van der Waals surface area (Å²) < 4.78 is 1.44. The number of benzene rings is 1. The van der Waals surface area contributed by atoms with Crippen LogP contribution in [0.2, 0.25) is 0 Å². The van der Waals surface area contributed by atoms with Gasteiger partial charge in [-0.2, -0.15) is 0 Å². The molecule has 144 valence electrons. The third-order valence-electron chi connectivity index (χ3n) is 4.77. The fraction of sp³-hybridized carbons (Fsp3) is 0.450. The lowest BCUT2D eigenvalue weighted by atomic mass is 10.1. The van der Waals surface area contributed by atoms with Crippen LogP contribution < -0.4 is 4.90 Å². The Balaban J connectivity index is 2.00. The standard InChI is InChI=1S/C20H23BrN2O2S2/c1-3-5-7-11-23-19(25)17(27-20(23)26)16-14-12-13(21)8-9-15(14)22(18(16)24)10-6-4-2/h8-9,12H,3-7,10-11H2,1-2H3/b17-16-. The number of nitrogens with zero attached hydrogens (tertiary/aromatic N) is 2. The minimum absolute atomic E-state index is 0.0920. The molecule has 0 aliphatic carbocycles. The molecule has 0 saturated carbocycles. The van der Waals surface area contributed by atoms with Crippen LogP contribution in [-0.2, 0) is 9.59 Å². The number of halogens is 1. The lowest BCUT2D eigenvalue weighted by Crippen LogP contribution is -2.30. The number of carbonyl (C=O) groups is 2. The SMILES string of the molecule is CCCCCN1C(=O)/C(=C2/C(=O)N(CCCC)c3ccc(Br)cc32)SC1=S. The van der Waals surface area contributed by atoms with Crippen molar-refractivity contribution >= 4 is 67.3 Å². The van der Waals surface area contributed by atoms with Gasteiger partial charge in [0.15, 0.2) is 0 Å². The molecular formula is C20H23BrN2O2S2. The van der Waals surface area contributed by atoms with E-state index in [0.29, 0.717) is 27.9 Å². The van der Waals surface area contributed by atoms with Gasteiger partial charge in [-0.25, -0.2) is 0 Å². The van der Waals surface area contributed by atoms with Gasteiger partial charge in [0.1, 0.15) is 4.32 Å². The maximum atomic E-state index is 13.2. The Morgan fingerprint density at radius 1 is 1.00 bits per heavy atom. The van der Waals surface area contributed by atoms with Gasteiger partial charge in [-0.3, -0.25) is 14.5 Å². The quantitative estimate of drug-likeness (QED) is 0.308. The van der Waals surface area contributed by atoms with Crippen molar-refractivity contribution in [3.05, 3.63) is 33.1 Å². The summed E-state index contributed by atoms with van der Waals surface area (Å²) in [6, 6.07) is 5.81. The number of thiocarbonyl (C=S) groups is 1. The number of hydrogen-bond donors (Lipinski definition) is 0. The molecule has 0 aromatic heterocycles. The van der Waals surface area contributed by atoms with Crippen molar-refractivity contribution in [2.75, 3.05) is 18.0 Å². The van der Waals surface area contributed by atoms with E-state index in [1.165, 1.54) is 11.8 Å². The van der Waals surface area contributed by atoms with Gasteiger partial charge in [-0.15, -0.1) is 0 Å². The summed E-state index contributed by atoms with van der Waals surface area (Å²) >= 11 is 10.2. The first-order valence-corrected chi connectivity index (χ1v) is 11.4. The first kappa shape index (κ1) is 20.6. The van der Waals surface area contributed by atoms with E-state index in [2.05, 4.69) is 29.8 Å². The van der Waals surface area contributed by atoms with Crippen molar-refractivity contribution in [1.82, 2.24) is 4.90 Å². The average Bonchev–Trinajstić information content (AvgIpc) is 3.06. The number of thioether (sulfide) groups is 1. The van der Waals surface area contributed by atoms with Gasteiger partial charge in [0.25, 0.3) is 11.8 Å². The molecule has 0 spiro atoms. The first-order valence-electron chi connectivity index (χ1n) is 9.39. The molecule has 1 aromatic carbocycles. The number of anilines is 1. The number of unbranched alkanes of at least 4 members (excludes halogenated alkanes) is 3. The Hall–Kier alpha value is -1.18. The Morgan fingerprint density at radius 2 is 1.70 bits per heavy atom. The number of hydrogen-bond acceptors (Lipinski definition) is 4. The maximum absolute atomic E-state index is 13.2. The van der Waals surface area contributed by atoms with Crippen molar-refractivity contribution in [2.45, 2.75) is 46.0 Å². The smallest absolute Gasteiger partial charge is 0.267 e. The second-order valence-electron chi connectivity index (χ2n) is 6.71. The summed E-state index contributed by atoms with van der Waals surface area (Å²) in [6.07, 6.45) is 4.99. The fourth-order valence-corrected chi connectivity index (χ4v) is 5.06. The second kappa shape index (κ2) is 8.88. The highest BCUT2D eigenvalue weighted by Gasteiger charge is 2.41. The van der Waals surface area contributed by atoms with Gasteiger partial charge in [0.05, 0.1) is 16.2 Å². The van der Waals surface area contributed by atoms with E-state index in [1.807, 2.05) is 18.2 Å². The van der Waals surface area contributed by atoms with Crippen molar-refractivity contribution < 1.29 is 9.59 Å². The average molecular weight is 467 g/mol. The predicted octanol–water partition coefficient (Wildman–Crippen LogP) is 5.36. The van der Waals surface area contributed by atoms with Crippen LogP contribution in [-0.4, -0.2) is 34.1 Å². The van der Waals surface area contributed by atoms with Gasteiger partial charge in [0.2, 0.25) is 0 Å². The molecule has 0 unspecified atom stereocenters. The maximum Gasteiger partial charge on any atom is 0.267 e. The van der Waals surface area contributed by atoms with Crippen molar-refractivity contribution in [3.63, 3.8) is 0 Å². The highest BCUT2D eigenvalue weighted by Crippen LogP contribution is 2.45. The Labute approximate surface area is 178 Å². The van der Waals surface area contributed by atoms with Crippen LogP contribution in [0.1, 0.15) is 51.5 Å². The Morgan fingerprint density at radius 3 is 2.41 bits per heavy atom. The molecule has 0 bridgehead atoms. The van der Waals surface area contributed by atoms with Crippen LogP contribution in [0.3, 0.4) is 0 Å². The molecule has 2 heterocycles. The number of rotatable bonds is 7. The molecule has 0 atom stereocenters. The third kappa shape index (κ3) is 4.00. The van der Waals surface area contributed by atoms with Gasteiger partial charge in [0, 0.05) is 23.1 Å². The molecule has 3 rings (SSSR count). The van der Waals surface area contributed by atoms with E-state index in [1.54, 1.807) is 9.80 Å². The zero-order valence-corrected chi connectivity index (χ0v) is 18.8. The van der Waals surface area contributed by atoms with Gasteiger partial charge >= 0.3 is 0 Å². The highest BCUT2D eigenvalue weighted by atomic mass is 79.9. The normalized spacial score (nSPS) is 19.4. The Kier molecular flexibility index (Phi) is 6.76. The molecule has 2 aliphatic rings. The van der Waals surface area contributed by atoms with Crippen LogP contribution in [0, 0.1) is 0 Å². The van der Waals surface area contributed by atoms with E-state index in [9.17, 15) is 9.59 Å². The van der Waals surface area contributed by atoms with Gasteiger partial charge in [-0.05, 0) is 31.0 Å². The predicted molar refractivity (Wildman–Crippen MR) is 120 cm³/mol. The van der Waals surface area contributed by atoms with Crippen LogP contribution in [0.25, 0.3) is 5.57 Å². The summed E-state index contributed by atoms with van der Waals surface area (Å²) in [7, 11) is 0. The molecule has 0 radical (unpaired) electrons. The van der Waals surface area contributed by atoms with Crippen molar-refractivity contribution in [1.29, 1.82) is 0 Å². The number of fused-ring (bicyclic) bond motifs is 1. The largest absolute Gasteiger partial charge is 0.308 e. The lowest BCUT2D eigenvalue weighted by molar-refractivity contribution is -0.122. The summed E-state index contributed by atoms with van der Waals surface area (Å²) in [5, 5.41) is 0. The molecule has 1 aromatic rings. The number of carbonyl (C=O) groups excluding carboxylic acids is 2. The molecular weight excluding hydrogens is 444 g/mol. The van der Waals surface area contributed by atoms with Crippen molar-refractivity contribution in [2.24, 2.45) is 0 Å². The monoisotopic (exact) mass is 466 g/mol. The van der Waals surface area contributed by atoms with E-state index in [4.69, 9.17) is 12.2 Å². The summed E-state index contributed by atoms with van der Waals surface area (Å²) in [6.45, 7) is 5.51. The lowest BCUT2D eigenvalue weighted by Gasteiger charge is -2.16. The van der Waals surface area contributed by atoms with E-state index in [0.717, 1.165) is 47.8 Å². The van der Waals surface area contributed by atoms with E-state index in [-0.39, 0.29) is 11.8 Å². The zero-order valence-electron chi connectivity index (χ0n) is 15.6. The molecule has 4 nitrogen and oxygen atoms in total. The molecule has 1 saturated heterocycles. The summed E-state index contributed by atoms with van der Waals surface area (Å²) in [5.41, 5.74) is 2.19. The minimum Gasteiger partial charge on any atom is -0.308 e. The van der Waals surface area contributed by atoms with Gasteiger partial charge < -0.3 is 4.90 Å². The number of amides is 2. The highest BCUT2D eigenvalue weighted by molar-refractivity contribution is 9.10. The first-order chi connectivity index (χ1) is 13.0. The second-order valence-corrected chi connectivity index (χ2v) is 9.27. The topological polar surface area (TPSA) is 40.6 Å².